The van der Waals surface area contributed by atoms with Crippen molar-refractivity contribution in [2.24, 2.45) is 0 Å². The second kappa shape index (κ2) is 7.40. The number of Topliss-reactive ketones (excluding diaryl/α,β-unsaturated/α-hetero) is 1. The molecule has 28 heavy (non-hydrogen) atoms. The number of rotatable bonds is 3. The smallest absolute Gasteiger partial charge is 0.343 e. The zero-order valence-corrected chi connectivity index (χ0v) is 15.9. The molecule has 138 valence electrons. The van der Waals surface area contributed by atoms with Crippen LogP contribution in [0.25, 0.3) is 6.08 Å². The van der Waals surface area contributed by atoms with Gasteiger partial charge in [-0.2, -0.15) is 0 Å². The summed E-state index contributed by atoms with van der Waals surface area (Å²) in [5, 5.41) is 0. The number of ketones is 1. The number of allylic oxidation sites excluding steroid dienone is 1. The van der Waals surface area contributed by atoms with Gasteiger partial charge in [0.15, 0.2) is 5.76 Å². The first kappa shape index (κ1) is 18.1. The van der Waals surface area contributed by atoms with E-state index in [2.05, 4.69) is 15.9 Å². The summed E-state index contributed by atoms with van der Waals surface area (Å²) in [5.74, 6) is -0.467. The largest absolute Gasteiger partial charge is 0.452 e. The summed E-state index contributed by atoms with van der Waals surface area (Å²) < 4.78 is 24.9. The molecule has 6 heteroatoms. The van der Waals surface area contributed by atoms with Gasteiger partial charge in [-0.1, -0.05) is 28.1 Å². The number of halogens is 2. The molecule has 4 nitrogen and oxygen atoms in total. The first-order valence-corrected chi connectivity index (χ1v) is 9.10. The van der Waals surface area contributed by atoms with Crippen molar-refractivity contribution in [2.45, 2.75) is 0 Å². The first-order valence-electron chi connectivity index (χ1n) is 8.31. The van der Waals surface area contributed by atoms with Gasteiger partial charge in [-0.15, -0.1) is 0 Å². The lowest BCUT2D eigenvalue weighted by atomic mass is 10.1. The Morgan fingerprint density at radius 2 is 1.71 bits per heavy atom. The maximum absolute atomic E-state index is 13.0. The second-order valence-electron chi connectivity index (χ2n) is 6.05. The van der Waals surface area contributed by atoms with Gasteiger partial charge in [0.2, 0.25) is 5.78 Å². The number of ether oxygens (including phenoxy) is 2. The van der Waals surface area contributed by atoms with Crippen molar-refractivity contribution in [3.05, 3.63) is 99.5 Å². The van der Waals surface area contributed by atoms with Gasteiger partial charge in [0.25, 0.3) is 0 Å². The molecule has 3 aromatic carbocycles. The fourth-order valence-corrected chi connectivity index (χ4v) is 2.96. The van der Waals surface area contributed by atoms with Crippen LogP contribution in [0.3, 0.4) is 0 Å². The molecule has 0 amide bonds. The summed E-state index contributed by atoms with van der Waals surface area (Å²) in [4.78, 5) is 24.7. The van der Waals surface area contributed by atoms with Gasteiger partial charge in [0.05, 0.1) is 11.1 Å². The van der Waals surface area contributed by atoms with E-state index in [-0.39, 0.29) is 23.1 Å². The van der Waals surface area contributed by atoms with Crippen LogP contribution in [0.1, 0.15) is 26.3 Å². The molecule has 3 aromatic rings. The lowest BCUT2D eigenvalue weighted by molar-refractivity contribution is 0.0734. The van der Waals surface area contributed by atoms with Crippen molar-refractivity contribution in [1.29, 1.82) is 0 Å². The zero-order valence-electron chi connectivity index (χ0n) is 14.3. The number of hydrogen-bond acceptors (Lipinski definition) is 4. The molecular weight excluding hydrogens is 427 g/mol. The van der Waals surface area contributed by atoms with E-state index in [9.17, 15) is 14.0 Å². The van der Waals surface area contributed by atoms with E-state index < -0.39 is 5.97 Å². The minimum absolute atomic E-state index is 0.123. The number of esters is 1. The Morgan fingerprint density at radius 1 is 1.00 bits per heavy atom. The first-order chi connectivity index (χ1) is 13.5. The molecule has 1 aliphatic rings. The highest BCUT2D eigenvalue weighted by Gasteiger charge is 2.28. The van der Waals surface area contributed by atoms with Crippen molar-refractivity contribution in [3.63, 3.8) is 0 Å². The fourth-order valence-electron chi connectivity index (χ4n) is 2.69. The van der Waals surface area contributed by atoms with E-state index in [0.717, 1.165) is 4.47 Å². The number of fused-ring (bicyclic) bond motifs is 1. The van der Waals surface area contributed by atoms with Crippen LogP contribution in [0.4, 0.5) is 4.39 Å². The van der Waals surface area contributed by atoms with E-state index in [1.54, 1.807) is 42.5 Å². The van der Waals surface area contributed by atoms with Gasteiger partial charge < -0.3 is 9.47 Å². The molecule has 0 unspecified atom stereocenters. The quantitative estimate of drug-likeness (QED) is 0.311. The van der Waals surface area contributed by atoms with Crippen molar-refractivity contribution < 1.29 is 23.5 Å². The molecule has 0 spiro atoms. The van der Waals surface area contributed by atoms with Crippen LogP contribution >= 0.6 is 15.9 Å². The standard InChI is InChI=1S/C22H12BrFO4/c23-15-5-3-14(4-6-15)22(26)27-17-9-10-18-19(12-17)28-20(21(18)25)11-13-1-7-16(24)8-2-13/h1-12H. The number of carbonyl (C=O) groups excluding carboxylic acids is 2. The summed E-state index contributed by atoms with van der Waals surface area (Å²) >= 11 is 3.31. The van der Waals surface area contributed by atoms with Crippen LogP contribution in [0.2, 0.25) is 0 Å². The molecule has 0 aromatic heterocycles. The van der Waals surface area contributed by atoms with Gasteiger partial charge in [-0.05, 0) is 60.2 Å². The lowest BCUT2D eigenvalue weighted by Crippen LogP contribution is -2.08. The average molecular weight is 439 g/mol. The third-order valence-corrected chi connectivity index (χ3v) is 4.63. The van der Waals surface area contributed by atoms with Gasteiger partial charge in [0, 0.05) is 10.5 Å². The van der Waals surface area contributed by atoms with E-state index in [4.69, 9.17) is 9.47 Å². The van der Waals surface area contributed by atoms with Crippen LogP contribution in [0.5, 0.6) is 11.5 Å². The molecule has 0 fully saturated rings. The van der Waals surface area contributed by atoms with Gasteiger partial charge in [-0.25, -0.2) is 9.18 Å². The molecule has 1 heterocycles. The molecule has 0 aliphatic carbocycles. The van der Waals surface area contributed by atoms with Crippen LogP contribution in [-0.2, 0) is 0 Å². The average Bonchev–Trinajstić information content (AvgIpc) is 2.99. The second-order valence-corrected chi connectivity index (χ2v) is 6.96. The van der Waals surface area contributed by atoms with Crippen LogP contribution in [-0.4, -0.2) is 11.8 Å². The van der Waals surface area contributed by atoms with Crippen molar-refractivity contribution in [1.82, 2.24) is 0 Å². The number of carbonyl (C=O) groups is 2. The van der Waals surface area contributed by atoms with E-state index in [1.165, 1.54) is 30.3 Å². The number of hydrogen-bond donors (Lipinski definition) is 0. The predicted molar refractivity (Wildman–Crippen MR) is 105 cm³/mol. The zero-order chi connectivity index (χ0) is 19.7. The summed E-state index contributed by atoms with van der Waals surface area (Å²) in [5.41, 5.74) is 1.41. The Kier molecular flexibility index (Phi) is 4.79. The van der Waals surface area contributed by atoms with Crippen molar-refractivity contribution in [3.8, 4) is 11.5 Å². The molecule has 0 bridgehead atoms. The van der Waals surface area contributed by atoms with Crippen LogP contribution < -0.4 is 9.47 Å². The molecule has 4 rings (SSSR count). The fraction of sp³-hybridized carbons (Fsp3) is 0. The summed E-state index contributed by atoms with van der Waals surface area (Å²) in [6, 6.07) is 17.1. The van der Waals surface area contributed by atoms with Crippen LogP contribution in [0, 0.1) is 5.82 Å². The minimum atomic E-state index is -0.515. The summed E-state index contributed by atoms with van der Waals surface area (Å²) in [7, 11) is 0. The monoisotopic (exact) mass is 438 g/mol. The highest BCUT2D eigenvalue weighted by Crippen LogP contribution is 2.35. The Labute approximate surface area is 168 Å². The topological polar surface area (TPSA) is 52.6 Å². The molecule has 1 aliphatic heterocycles. The highest BCUT2D eigenvalue weighted by molar-refractivity contribution is 9.10. The molecular formula is C22H12BrFO4. The minimum Gasteiger partial charge on any atom is -0.452 e. The molecule has 0 N–H and O–H groups in total. The highest BCUT2D eigenvalue weighted by atomic mass is 79.9. The van der Waals surface area contributed by atoms with Crippen molar-refractivity contribution >= 4 is 33.8 Å². The number of benzene rings is 3. The SMILES string of the molecule is O=C(Oc1ccc2c(c1)OC(=Cc1ccc(F)cc1)C2=O)c1ccc(Br)cc1. The van der Waals surface area contributed by atoms with E-state index in [0.29, 0.717) is 22.4 Å². The Morgan fingerprint density at radius 3 is 2.43 bits per heavy atom. The summed E-state index contributed by atoms with van der Waals surface area (Å²) in [6.07, 6.45) is 1.54. The molecule has 0 saturated carbocycles. The van der Waals surface area contributed by atoms with Gasteiger partial charge in [-0.3, -0.25) is 4.79 Å². The Hall–Kier alpha value is -3.25. The van der Waals surface area contributed by atoms with Crippen LogP contribution in [0.15, 0.2) is 77.0 Å². The van der Waals surface area contributed by atoms with Gasteiger partial charge in [0.1, 0.15) is 17.3 Å². The molecule has 0 atom stereocenters. The molecule has 0 saturated heterocycles. The van der Waals surface area contributed by atoms with E-state index in [1.807, 2.05) is 0 Å². The Bertz CT molecular complexity index is 1100. The predicted octanol–water partition coefficient (Wildman–Crippen LogP) is 5.42. The maximum Gasteiger partial charge on any atom is 0.343 e. The summed E-state index contributed by atoms with van der Waals surface area (Å²) in [6.45, 7) is 0. The third kappa shape index (κ3) is 3.73. The van der Waals surface area contributed by atoms with E-state index >= 15 is 0 Å². The van der Waals surface area contributed by atoms with Gasteiger partial charge >= 0.3 is 5.97 Å². The lowest BCUT2D eigenvalue weighted by Gasteiger charge is -2.06. The Balaban J connectivity index is 1.54. The maximum atomic E-state index is 13.0. The molecule has 0 radical (unpaired) electrons. The normalized spacial score (nSPS) is 13.9. The van der Waals surface area contributed by atoms with Crippen molar-refractivity contribution in [2.75, 3.05) is 0 Å². The third-order valence-electron chi connectivity index (χ3n) is 4.10.